The molecule has 1 aromatic carbocycles. The lowest BCUT2D eigenvalue weighted by atomic mass is 9.73. The van der Waals surface area contributed by atoms with Crippen LogP contribution in [0, 0.1) is 0 Å². The molecule has 1 aliphatic rings. The second kappa shape index (κ2) is 7.98. The van der Waals surface area contributed by atoms with Crippen LogP contribution in [0.25, 0.3) is 0 Å². The fraction of sp³-hybridized carbons (Fsp3) is 0.381. The quantitative estimate of drug-likeness (QED) is 0.307. The van der Waals surface area contributed by atoms with Crippen LogP contribution in [0.4, 0.5) is 0 Å². The molecule has 28 heavy (non-hydrogen) atoms. The summed E-state index contributed by atoms with van der Waals surface area (Å²) in [5.74, 6) is -3.51. The minimum Gasteiger partial charge on any atom is -0.507 e. The van der Waals surface area contributed by atoms with Crippen LogP contribution >= 0.6 is 0 Å². The Labute approximate surface area is 163 Å². The molecule has 7 heteroatoms. The van der Waals surface area contributed by atoms with E-state index in [1.54, 1.807) is 26.8 Å². The van der Waals surface area contributed by atoms with Gasteiger partial charge in [-0.05, 0) is 46.2 Å². The van der Waals surface area contributed by atoms with E-state index in [9.17, 15) is 29.7 Å². The first kappa shape index (κ1) is 21.4. The molecule has 1 unspecified atom stereocenters. The average molecular weight is 388 g/mol. The van der Waals surface area contributed by atoms with E-state index in [0.717, 1.165) is 17.7 Å². The van der Waals surface area contributed by atoms with E-state index in [4.69, 9.17) is 4.74 Å². The Hall–Kier alpha value is -2.93. The van der Waals surface area contributed by atoms with E-state index in [0.29, 0.717) is 0 Å². The van der Waals surface area contributed by atoms with Gasteiger partial charge in [0.05, 0.1) is 17.5 Å². The summed E-state index contributed by atoms with van der Waals surface area (Å²) < 4.78 is 5.41. The molecule has 7 nitrogen and oxygen atoms in total. The van der Waals surface area contributed by atoms with Crippen molar-refractivity contribution < 1.29 is 34.4 Å². The number of rotatable bonds is 5. The topological polar surface area (TPSA) is 121 Å². The van der Waals surface area contributed by atoms with Gasteiger partial charge in [0.1, 0.15) is 17.6 Å². The van der Waals surface area contributed by atoms with E-state index in [2.05, 4.69) is 0 Å². The number of carbonyl (C=O) groups excluding carboxylic acids is 3. The fourth-order valence-corrected chi connectivity index (χ4v) is 3.03. The van der Waals surface area contributed by atoms with Crippen molar-refractivity contribution in [3.63, 3.8) is 0 Å². The van der Waals surface area contributed by atoms with Crippen molar-refractivity contribution in [2.45, 2.75) is 52.2 Å². The first-order chi connectivity index (χ1) is 13.0. The van der Waals surface area contributed by atoms with Crippen LogP contribution < -0.4 is 0 Å². The largest absolute Gasteiger partial charge is 0.507 e. The molecule has 0 saturated heterocycles. The molecule has 0 amide bonds. The summed E-state index contributed by atoms with van der Waals surface area (Å²) in [6, 6.07) is 2.17. The summed E-state index contributed by atoms with van der Waals surface area (Å²) in [5.41, 5.74) is -1.95. The number of hydrogen-bond acceptors (Lipinski definition) is 7. The summed E-state index contributed by atoms with van der Waals surface area (Å²) in [6.45, 7) is 6.67. The molecule has 0 spiro atoms. The highest BCUT2D eigenvalue weighted by Crippen LogP contribution is 2.42. The lowest BCUT2D eigenvalue weighted by Gasteiger charge is -2.38. The van der Waals surface area contributed by atoms with E-state index in [1.807, 2.05) is 0 Å². The van der Waals surface area contributed by atoms with E-state index < -0.39 is 52.7 Å². The van der Waals surface area contributed by atoms with E-state index in [1.165, 1.54) is 13.0 Å². The standard InChI is InChI=1S/C21H24O7/c1-5-12(4)20(27)28-21(16(25)9-6-11(2)3)10-15(24)17-13(22)7-8-14(23)18(17)19(21)26/h5-8,16,22-23,25H,9-10H2,1-4H3/b12-5+/t16-,21?/m1/s1. The molecule has 2 atom stereocenters. The molecular weight excluding hydrogens is 364 g/mol. The molecule has 0 heterocycles. The molecule has 0 saturated carbocycles. The third-order valence-electron chi connectivity index (χ3n) is 4.79. The van der Waals surface area contributed by atoms with Crippen molar-refractivity contribution in [2.24, 2.45) is 0 Å². The van der Waals surface area contributed by atoms with Crippen molar-refractivity contribution in [3.8, 4) is 11.5 Å². The van der Waals surface area contributed by atoms with Gasteiger partial charge < -0.3 is 20.1 Å². The molecule has 0 radical (unpaired) electrons. The summed E-state index contributed by atoms with van der Waals surface area (Å²) in [6.07, 6.45) is 0.917. The molecular formula is C21H24O7. The number of fused-ring (bicyclic) bond motifs is 1. The Balaban J connectivity index is 2.66. The zero-order valence-corrected chi connectivity index (χ0v) is 16.3. The van der Waals surface area contributed by atoms with Crippen molar-refractivity contribution in [1.82, 2.24) is 0 Å². The summed E-state index contributed by atoms with van der Waals surface area (Å²) in [7, 11) is 0. The number of benzene rings is 1. The average Bonchev–Trinajstić information content (AvgIpc) is 2.64. The maximum absolute atomic E-state index is 13.3. The van der Waals surface area contributed by atoms with Crippen molar-refractivity contribution >= 4 is 17.5 Å². The monoisotopic (exact) mass is 388 g/mol. The number of phenols is 2. The first-order valence-corrected chi connectivity index (χ1v) is 8.85. The number of hydrogen-bond donors (Lipinski definition) is 3. The number of ether oxygens (including phenoxy) is 1. The number of carbonyl (C=O) groups is 3. The van der Waals surface area contributed by atoms with Crippen LogP contribution in [0.3, 0.4) is 0 Å². The molecule has 1 aliphatic carbocycles. The Morgan fingerprint density at radius 1 is 1.18 bits per heavy atom. The van der Waals surface area contributed by atoms with Crippen LogP contribution in [-0.4, -0.2) is 44.6 Å². The minimum atomic E-state index is -2.21. The second-order valence-electron chi connectivity index (χ2n) is 7.07. The molecule has 0 bridgehead atoms. The van der Waals surface area contributed by atoms with Gasteiger partial charge in [-0.3, -0.25) is 9.59 Å². The number of esters is 1. The summed E-state index contributed by atoms with van der Waals surface area (Å²) >= 11 is 0. The number of aromatic hydroxyl groups is 2. The molecule has 1 aromatic rings. The fourth-order valence-electron chi connectivity index (χ4n) is 3.03. The predicted octanol–water partition coefficient (Wildman–Crippen LogP) is 2.83. The summed E-state index contributed by atoms with van der Waals surface area (Å²) in [5, 5.41) is 30.9. The van der Waals surface area contributed by atoms with Gasteiger partial charge in [0, 0.05) is 5.57 Å². The molecule has 0 aliphatic heterocycles. The van der Waals surface area contributed by atoms with Crippen molar-refractivity contribution in [3.05, 3.63) is 46.6 Å². The van der Waals surface area contributed by atoms with Crippen LogP contribution in [0.15, 0.2) is 35.4 Å². The van der Waals surface area contributed by atoms with Crippen LogP contribution in [-0.2, 0) is 9.53 Å². The number of Topliss-reactive ketones (excluding diaryl/α,β-unsaturated/α-hetero) is 2. The van der Waals surface area contributed by atoms with Crippen molar-refractivity contribution in [2.75, 3.05) is 0 Å². The smallest absolute Gasteiger partial charge is 0.334 e. The second-order valence-corrected chi connectivity index (χ2v) is 7.07. The van der Waals surface area contributed by atoms with Crippen LogP contribution in [0.1, 0.15) is 61.3 Å². The predicted molar refractivity (Wildman–Crippen MR) is 101 cm³/mol. The molecule has 0 aromatic heterocycles. The van der Waals surface area contributed by atoms with Crippen LogP contribution in [0.2, 0.25) is 0 Å². The zero-order chi connectivity index (χ0) is 21.2. The highest BCUT2D eigenvalue weighted by atomic mass is 16.6. The maximum atomic E-state index is 13.3. The van der Waals surface area contributed by atoms with E-state index in [-0.39, 0.29) is 17.6 Å². The minimum absolute atomic E-state index is 0.0432. The van der Waals surface area contributed by atoms with Gasteiger partial charge in [-0.2, -0.15) is 0 Å². The highest BCUT2D eigenvalue weighted by molar-refractivity contribution is 6.21. The Morgan fingerprint density at radius 3 is 2.29 bits per heavy atom. The van der Waals surface area contributed by atoms with Gasteiger partial charge in [0.15, 0.2) is 5.78 Å². The zero-order valence-electron chi connectivity index (χ0n) is 16.3. The number of aliphatic hydroxyl groups is 1. The first-order valence-electron chi connectivity index (χ1n) is 8.85. The molecule has 3 N–H and O–H groups in total. The Morgan fingerprint density at radius 2 is 1.75 bits per heavy atom. The molecule has 150 valence electrons. The molecule has 0 fully saturated rings. The van der Waals surface area contributed by atoms with E-state index >= 15 is 0 Å². The Bertz CT molecular complexity index is 890. The number of aliphatic hydroxyl groups excluding tert-OH is 1. The lowest BCUT2D eigenvalue weighted by Crippen LogP contribution is -2.56. The number of allylic oxidation sites excluding steroid dienone is 2. The van der Waals surface area contributed by atoms with Gasteiger partial charge >= 0.3 is 5.97 Å². The van der Waals surface area contributed by atoms with Gasteiger partial charge in [0.2, 0.25) is 11.4 Å². The molecule has 2 rings (SSSR count). The highest BCUT2D eigenvalue weighted by Gasteiger charge is 2.55. The van der Waals surface area contributed by atoms with Gasteiger partial charge in [-0.25, -0.2) is 4.79 Å². The number of ketones is 2. The third-order valence-corrected chi connectivity index (χ3v) is 4.79. The van der Waals surface area contributed by atoms with Gasteiger partial charge in [-0.1, -0.05) is 17.7 Å². The van der Waals surface area contributed by atoms with Crippen molar-refractivity contribution in [1.29, 1.82) is 0 Å². The Kier molecular flexibility index (Phi) is 6.09. The lowest BCUT2D eigenvalue weighted by molar-refractivity contribution is -0.160. The maximum Gasteiger partial charge on any atom is 0.334 e. The SMILES string of the molecule is C/C=C(\C)C(=O)OC1([C@H](O)CC=C(C)C)CC(=O)c2c(O)ccc(O)c2C1=O. The van der Waals surface area contributed by atoms with Gasteiger partial charge in [0.25, 0.3) is 0 Å². The number of phenolic OH excluding ortho intramolecular Hbond substituents is 2. The summed E-state index contributed by atoms with van der Waals surface area (Å²) in [4.78, 5) is 38.4. The van der Waals surface area contributed by atoms with Gasteiger partial charge in [-0.15, -0.1) is 0 Å². The van der Waals surface area contributed by atoms with Crippen LogP contribution in [0.5, 0.6) is 11.5 Å². The third kappa shape index (κ3) is 3.71. The normalized spacial score (nSPS) is 20.4.